The molecule has 1 amide bonds. The second kappa shape index (κ2) is 7.61. The van der Waals surface area contributed by atoms with Gasteiger partial charge in [0.1, 0.15) is 11.6 Å². The first kappa shape index (κ1) is 18.2. The van der Waals surface area contributed by atoms with E-state index in [2.05, 4.69) is 10.6 Å². The lowest BCUT2D eigenvalue weighted by atomic mass is 10.2. The summed E-state index contributed by atoms with van der Waals surface area (Å²) in [5.74, 6) is -0.571. The number of carbonyl (C=O) groups is 1. The van der Waals surface area contributed by atoms with Gasteiger partial charge < -0.3 is 10.6 Å². The van der Waals surface area contributed by atoms with Gasteiger partial charge in [0, 0.05) is 17.6 Å². The fourth-order valence-corrected chi connectivity index (χ4v) is 2.41. The molecule has 2 rings (SSSR count). The Morgan fingerprint density at radius 2 is 1.80 bits per heavy atom. The molecule has 0 aromatic heterocycles. The van der Waals surface area contributed by atoms with E-state index in [9.17, 15) is 13.2 Å². The van der Waals surface area contributed by atoms with Crippen molar-refractivity contribution in [2.45, 2.75) is 11.8 Å². The van der Waals surface area contributed by atoms with Gasteiger partial charge in [0.2, 0.25) is 0 Å². The molecular weight excluding hydrogens is 342 g/mol. The zero-order valence-electron chi connectivity index (χ0n) is 13.2. The molecule has 0 saturated carbocycles. The first-order valence-electron chi connectivity index (χ1n) is 7.12. The highest BCUT2D eigenvalue weighted by atomic mass is 32.2. The molecule has 8 heteroatoms. The number of nitrogens with zero attached hydrogens (tertiary/aromatic N) is 1. The normalized spacial score (nSPS) is 11.5. The Labute approximate surface area is 145 Å². The molecule has 0 radical (unpaired) electrons. The Kier molecular flexibility index (Phi) is 5.54. The standard InChI is InChI=1S/C17H15N3O4S/c1-12-4-2-3-5-16(12)20-17(21)13(10-18)11-19-14-6-8-15(9-7-14)25(22,23)24/h2-9,11,19H,1H3,(H,20,21)(H,22,23,24)/b13-11-. The largest absolute Gasteiger partial charge is 0.360 e. The number of amides is 1. The van der Waals surface area contributed by atoms with Gasteiger partial charge in [0.25, 0.3) is 16.0 Å². The van der Waals surface area contributed by atoms with Crippen LogP contribution >= 0.6 is 0 Å². The average Bonchev–Trinajstić information content (AvgIpc) is 2.57. The van der Waals surface area contributed by atoms with Crippen LogP contribution in [0.1, 0.15) is 5.56 Å². The highest BCUT2D eigenvalue weighted by Crippen LogP contribution is 2.16. The Morgan fingerprint density at radius 3 is 2.36 bits per heavy atom. The van der Waals surface area contributed by atoms with Gasteiger partial charge in [-0.15, -0.1) is 0 Å². The average molecular weight is 357 g/mol. The van der Waals surface area contributed by atoms with Crippen molar-refractivity contribution in [1.82, 2.24) is 0 Å². The SMILES string of the molecule is Cc1ccccc1NC(=O)/C(C#N)=C\Nc1ccc(S(=O)(=O)O)cc1. The van der Waals surface area contributed by atoms with E-state index in [1.165, 1.54) is 30.5 Å². The second-order valence-corrected chi connectivity index (χ2v) is 6.50. The lowest BCUT2D eigenvalue weighted by Crippen LogP contribution is -2.15. The summed E-state index contributed by atoms with van der Waals surface area (Å²) in [5, 5.41) is 14.5. The van der Waals surface area contributed by atoms with Crippen molar-refractivity contribution < 1.29 is 17.8 Å². The van der Waals surface area contributed by atoms with Crippen molar-refractivity contribution in [2.75, 3.05) is 10.6 Å². The van der Waals surface area contributed by atoms with Gasteiger partial charge >= 0.3 is 0 Å². The Balaban J connectivity index is 2.11. The number of hydrogen-bond acceptors (Lipinski definition) is 5. The lowest BCUT2D eigenvalue weighted by Gasteiger charge is -2.07. The van der Waals surface area contributed by atoms with E-state index in [1.807, 2.05) is 19.1 Å². The van der Waals surface area contributed by atoms with Crippen LogP contribution in [0.4, 0.5) is 11.4 Å². The molecule has 0 heterocycles. The molecular formula is C17H15N3O4S. The van der Waals surface area contributed by atoms with Crippen LogP contribution in [0.25, 0.3) is 0 Å². The van der Waals surface area contributed by atoms with E-state index in [-0.39, 0.29) is 10.5 Å². The van der Waals surface area contributed by atoms with Crippen molar-refractivity contribution in [1.29, 1.82) is 5.26 Å². The highest BCUT2D eigenvalue weighted by Gasteiger charge is 2.11. The predicted octanol–water partition coefficient (Wildman–Crippen LogP) is 2.70. The molecule has 0 bridgehead atoms. The Hall–Kier alpha value is -3.15. The van der Waals surface area contributed by atoms with E-state index in [1.54, 1.807) is 18.2 Å². The van der Waals surface area contributed by atoms with Gasteiger partial charge in [0.05, 0.1) is 4.90 Å². The number of rotatable bonds is 5. The monoisotopic (exact) mass is 357 g/mol. The summed E-state index contributed by atoms with van der Waals surface area (Å²) in [6.07, 6.45) is 1.22. The minimum absolute atomic E-state index is 0.151. The van der Waals surface area contributed by atoms with Gasteiger partial charge in [-0.3, -0.25) is 9.35 Å². The number of aryl methyl sites for hydroxylation is 1. The van der Waals surface area contributed by atoms with E-state index >= 15 is 0 Å². The number of anilines is 2. The fourth-order valence-electron chi connectivity index (χ4n) is 1.93. The first-order valence-corrected chi connectivity index (χ1v) is 8.56. The molecule has 0 saturated heterocycles. The number of hydrogen-bond donors (Lipinski definition) is 3. The molecule has 0 aliphatic heterocycles. The van der Waals surface area contributed by atoms with Crippen LogP contribution < -0.4 is 10.6 Å². The molecule has 0 atom stereocenters. The molecule has 0 fully saturated rings. The maximum atomic E-state index is 12.1. The van der Waals surface area contributed by atoms with E-state index in [0.717, 1.165) is 5.56 Å². The van der Waals surface area contributed by atoms with E-state index < -0.39 is 16.0 Å². The molecule has 128 valence electrons. The van der Waals surface area contributed by atoms with Gasteiger partial charge in [-0.05, 0) is 42.8 Å². The van der Waals surface area contributed by atoms with Crippen molar-refractivity contribution in [3.63, 3.8) is 0 Å². The molecule has 0 spiro atoms. The van der Waals surface area contributed by atoms with Gasteiger partial charge in [0.15, 0.2) is 0 Å². The van der Waals surface area contributed by atoms with E-state index in [0.29, 0.717) is 11.4 Å². The maximum absolute atomic E-state index is 12.1. The van der Waals surface area contributed by atoms with Crippen LogP contribution in [-0.4, -0.2) is 18.9 Å². The third kappa shape index (κ3) is 4.91. The number of nitrogens with one attached hydrogen (secondary N) is 2. The minimum atomic E-state index is -4.27. The molecule has 0 aliphatic carbocycles. The molecule has 0 aliphatic rings. The number of carbonyl (C=O) groups excluding carboxylic acids is 1. The highest BCUT2D eigenvalue weighted by molar-refractivity contribution is 7.85. The summed E-state index contributed by atoms with van der Waals surface area (Å²) in [5.41, 5.74) is 1.76. The molecule has 0 unspecified atom stereocenters. The molecule has 3 N–H and O–H groups in total. The minimum Gasteiger partial charge on any atom is -0.360 e. The fraction of sp³-hybridized carbons (Fsp3) is 0.0588. The van der Waals surface area contributed by atoms with Gasteiger partial charge in [-0.1, -0.05) is 18.2 Å². The summed E-state index contributed by atoms with van der Waals surface area (Å²) in [7, 11) is -4.27. The summed E-state index contributed by atoms with van der Waals surface area (Å²) < 4.78 is 30.9. The zero-order valence-corrected chi connectivity index (χ0v) is 14.0. The van der Waals surface area contributed by atoms with Crippen molar-refractivity contribution in [3.05, 3.63) is 65.9 Å². The zero-order chi connectivity index (χ0) is 18.4. The molecule has 2 aromatic rings. The Bertz CT molecular complexity index is 958. The van der Waals surface area contributed by atoms with Gasteiger partial charge in [-0.2, -0.15) is 13.7 Å². The molecule has 2 aromatic carbocycles. The third-order valence-electron chi connectivity index (χ3n) is 3.29. The summed E-state index contributed by atoms with van der Waals surface area (Å²) in [6, 6.07) is 14.2. The maximum Gasteiger partial charge on any atom is 0.294 e. The predicted molar refractivity (Wildman–Crippen MR) is 93.4 cm³/mol. The number of benzene rings is 2. The summed E-state index contributed by atoms with van der Waals surface area (Å²) >= 11 is 0. The number of para-hydroxylation sites is 1. The summed E-state index contributed by atoms with van der Waals surface area (Å²) in [4.78, 5) is 11.9. The van der Waals surface area contributed by atoms with Crippen molar-refractivity contribution in [2.24, 2.45) is 0 Å². The molecule has 7 nitrogen and oxygen atoms in total. The Morgan fingerprint density at radius 1 is 1.16 bits per heavy atom. The van der Waals surface area contributed by atoms with Crippen LogP contribution in [-0.2, 0) is 14.9 Å². The molecule has 25 heavy (non-hydrogen) atoms. The van der Waals surface area contributed by atoms with Crippen LogP contribution in [0.3, 0.4) is 0 Å². The van der Waals surface area contributed by atoms with Crippen molar-refractivity contribution in [3.8, 4) is 6.07 Å². The first-order chi connectivity index (χ1) is 11.8. The van der Waals surface area contributed by atoms with Crippen LogP contribution in [0.5, 0.6) is 0 Å². The van der Waals surface area contributed by atoms with Crippen LogP contribution in [0, 0.1) is 18.3 Å². The topological polar surface area (TPSA) is 119 Å². The second-order valence-electron chi connectivity index (χ2n) is 5.08. The van der Waals surface area contributed by atoms with Crippen LogP contribution in [0.15, 0.2) is 65.2 Å². The smallest absolute Gasteiger partial charge is 0.294 e. The third-order valence-corrected chi connectivity index (χ3v) is 4.16. The number of nitriles is 1. The van der Waals surface area contributed by atoms with Crippen molar-refractivity contribution >= 4 is 27.4 Å². The van der Waals surface area contributed by atoms with Gasteiger partial charge in [-0.25, -0.2) is 0 Å². The lowest BCUT2D eigenvalue weighted by molar-refractivity contribution is -0.112. The quantitative estimate of drug-likeness (QED) is 0.430. The van der Waals surface area contributed by atoms with Crippen LogP contribution in [0.2, 0.25) is 0 Å². The summed E-state index contributed by atoms with van der Waals surface area (Å²) in [6.45, 7) is 1.83. The van der Waals surface area contributed by atoms with E-state index in [4.69, 9.17) is 9.81 Å².